The smallest absolute Gasteiger partial charge is 0.250 e. The molecule has 2 atom stereocenters. The average molecular weight is 340 g/mol. The molecule has 7 nitrogen and oxygen atoms in total. The van der Waals surface area contributed by atoms with Gasteiger partial charge in [-0.3, -0.25) is 14.3 Å². The van der Waals surface area contributed by atoms with E-state index < -0.39 is 12.1 Å². The summed E-state index contributed by atoms with van der Waals surface area (Å²) in [5.41, 5.74) is 7.88. The first kappa shape index (κ1) is 15.5. The molecular formula is C17H17FN6O. The van der Waals surface area contributed by atoms with Crippen LogP contribution in [0.25, 0.3) is 16.7 Å². The molecule has 1 amide bonds. The van der Waals surface area contributed by atoms with Crippen LogP contribution in [0.4, 0.5) is 10.3 Å². The number of halogens is 1. The Bertz CT molecular complexity index is 940. The van der Waals surface area contributed by atoms with Crippen LogP contribution in [0.1, 0.15) is 10.4 Å². The maximum absolute atomic E-state index is 14.0. The number of alkyl halides is 1. The van der Waals surface area contributed by atoms with E-state index in [1.54, 1.807) is 12.3 Å². The SMILES string of the molecule is NC(=O)c1cncc(-n2c(N[C@H]3CNC[C@H]3F)nc3ccccc32)c1. The summed E-state index contributed by atoms with van der Waals surface area (Å²) in [6.07, 6.45) is 2.03. The molecule has 1 aliphatic rings. The minimum atomic E-state index is -0.997. The van der Waals surface area contributed by atoms with Gasteiger partial charge in [0.1, 0.15) is 6.17 Å². The molecule has 0 spiro atoms. The van der Waals surface area contributed by atoms with Gasteiger partial charge in [-0.2, -0.15) is 0 Å². The summed E-state index contributed by atoms with van der Waals surface area (Å²) in [6, 6.07) is 8.84. The number of carbonyl (C=O) groups excluding carboxylic acids is 1. The summed E-state index contributed by atoms with van der Waals surface area (Å²) >= 11 is 0. The fraction of sp³-hybridized carbons (Fsp3) is 0.235. The number of para-hydroxylation sites is 2. The van der Waals surface area contributed by atoms with Crippen molar-refractivity contribution in [3.05, 3.63) is 48.3 Å². The van der Waals surface area contributed by atoms with Crippen LogP contribution in [0.2, 0.25) is 0 Å². The number of nitrogens with one attached hydrogen (secondary N) is 2. The van der Waals surface area contributed by atoms with E-state index in [1.165, 1.54) is 6.20 Å². The number of hydrogen-bond acceptors (Lipinski definition) is 5. The lowest BCUT2D eigenvalue weighted by Gasteiger charge is -2.16. The third-order valence-electron chi connectivity index (χ3n) is 4.28. The summed E-state index contributed by atoms with van der Waals surface area (Å²) in [6.45, 7) is 0.834. The van der Waals surface area contributed by atoms with Crippen molar-refractivity contribution in [2.75, 3.05) is 18.4 Å². The van der Waals surface area contributed by atoms with E-state index in [4.69, 9.17) is 5.73 Å². The fourth-order valence-corrected chi connectivity index (χ4v) is 3.02. The Morgan fingerprint density at radius 1 is 1.32 bits per heavy atom. The Morgan fingerprint density at radius 3 is 2.92 bits per heavy atom. The van der Waals surface area contributed by atoms with E-state index in [1.807, 2.05) is 28.8 Å². The van der Waals surface area contributed by atoms with E-state index in [9.17, 15) is 9.18 Å². The second kappa shape index (κ2) is 6.14. The summed E-state index contributed by atoms with van der Waals surface area (Å²) in [5, 5.41) is 6.18. The Kier molecular flexibility index (Phi) is 3.81. The van der Waals surface area contributed by atoms with Gasteiger partial charge in [0.05, 0.1) is 34.5 Å². The number of rotatable bonds is 4. The van der Waals surface area contributed by atoms with Crippen LogP contribution in [-0.4, -0.2) is 45.7 Å². The molecule has 128 valence electrons. The summed E-state index contributed by atoms with van der Waals surface area (Å²) in [5.74, 6) is -0.0573. The number of nitrogens with two attached hydrogens (primary N) is 1. The Balaban J connectivity index is 1.84. The Labute approximate surface area is 143 Å². The predicted octanol–water partition coefficient (Wildman–Crippen LogP) is 1.24. The molecule has 1 aromatic carbocycles. The summed E-state index contributed by atoms with van der Waals surface area (Å²) < 4.78 is 15.8. The van der Waals surface area contributed by atoms with Crippen molar-refractivity contribution < 1.29 is 9.18 Å². The van der Waals surface area contributed by atoms with Gasteiger partial charge in [-0.25, -0.2) is 9.37 Å². The van der Waals surface area contributed by atoms with E-state index in [0.29, 0.717) is 30.3 Å². The molecule has 3 heterocycles. The van der Waals surface area contributed by atoms with Crippen molar-refractivity contribution >= 4 is 22.9 Å². The molecule has 25 heavy (non-hydrogen) atoms. The number of hydrogen-bond donors (Lipinski definition) is 3. The maximum Gasteiger partial charge on any atom is 0.250 e. The van der Waals surface area contributed by atoms with Gasteiger partial charge in [0, 0.05) is 19.3 Å². The fourth-order valence-electron chi connectivity index (χ4n) is 3.02. The van der Waals surface area contributed by atoms with Crippen LogP contribution in [0.15, 0.2) is 42.7 Å². The van der Waals surface area contributed by atoms with Crippen LogP contribution in [0.5, 0.6) is 0 Å². The van der Waals surface area contributed by atoms with Gasteiger partial charge in [0.2, 0.25) is 11.9 Å². The quantitative estimate of drug-likeness (QED) is 0.664. The van der Waals surface area contributed by atoms with Crippen molar-refractivity contribution in [2.24, 2.45) is 5.73 Å². The van der Waals surface area contributed by atoms with Gasteiger partial charge in [-0.05, 0) is 18.2 Å². The van der Waals surface area contributed by atoms with Crippen molar-refractivity contribution in [3.63, 3.8) is 0 Å². The normalized spacial score (nSPS) is 20.0. The first-order chi connectivity index (χ1) is 12.1. The number of nitrogens with zero attached hydrogens (tertiary/aromatic N) is 3. The number of primary amides is 1. The first-order valence-electron chi connectivity index (χ1n) is 7.97. The number of fused-ring (bicyclic) bond motifs is 1. The van der Waals surface area contributed by atoms with Crippen LogP contribution < -0.4 is 16.4 Å². The zero-order chi connectivity index (χ0) is 17.4. The van der Waals surface area contributed by atoms with Crippen molar-refractivity contribution in [1.29, 1.82) is 0 Å². The zero-order valence-corrected chi connectivity index (χ0v) is 13.3. The highest BCUT2D eigenvalue weighted by molar-refractivity contribution is 5.93. The van der Waals surface area contributed by atoms with Crippen LogP contribution in [-0.2, 0) is 0 Å². The molecule has 3 aromatic rings. The molecule has 0 bridgehead atoms. The van der Waals surface area contributed by atoms with Crippen molar-refractivity contribution in [2.45, 2.75) is 12.2 Å². The van der Waals surface area contributed by atoms with E-state index in [0.717, 1.165) is 11.0 Å². The highest BCUT2D eigenvalue weighted by atomic mass is 19.1. The molecule has 8 heteroatoms. The Hall–Kier alpha value is -3.00. The lowest BCUT2D eigenvalue weighted by Crippen LogP contribution is -2.30. The number of aromatic nitrogens is 3. The second-order valence-corrected chi connectivity index (χ2v) is 5.98. The van der Waals surface area contributed by atoms with E-state index >= 15 is 0 Å². The molecular weight excluding hydrogens is 323 g/mol. The molecule has 0 aliphatic carbocycles. The molecule has 4 rings (SSSR count). The molecule has 2 aromatic heterocycles. The lowest BCUT2D eigenvalue weighted by molar-refractivity contribution is 0.1000. The van der Waals surface area contributed by atoms with Crippen LogP contribution in [0.3, 0.4) is 0 Å². The summed E-state index contributed by atoms with van der Waals surface area (Å²) in [4.78, 5) is 20.1. The highest BCUT2D eigenvalue weighted by Gasteiger charge is 2.28. The zero-order valence-electron chi connectivity index (χ0n) is 13.3. The second-order valence-electron chi connectivity index (χ2n) is 5.98. The molecule has 1 aliphatic heterocycles. The molecule has 1 saturated heterocycles. The number of carbonyl (C=O) groups is 1. The highest BCUT2D eigenvalue weighted by Crippen LogP contribution is 2.26. The third-order valence-corrected chi connectivity index (χ3v) is 4.28. The van der Waals surface area contributed by atoms with Gasteiger partial charge in [0.25, 0.3) is 0 Å². The van der Waals surface area contributed by atoms with Crippen LogP contribution >= 0.6 is 0 Å². The number of anilines is 1. The average Bonchev–Trinajstić information content (AvgIpc) is 3.18. The maximum atomic E-state index is 14.0. The monoisotopic (exact) mass is 340 g/mol. The number of benzene rings is 1. The Morgan fingerprint density at radius 2 is 2.16 bits per heavy atom. The van der Waals surface area contributed by atoms with Crippen molar-refractivity contribution in [3.8, 4) is 5.69 Å². The van der Waals surface area contributed by atoms with Crippen LogP contribution in [0, 0.1) is 0 Å². The molecule has 0 unspecified atom stereocenters. The van der Waals surface area contributed by atoms with E-state index in [-0.39, 0.29) is 6.04 Å². The topological polar surface area (TPSA) is 97.9 Å². The largest absolute Gasteiger partial charge is 0.366 e. The molecule has 1 fully saturated rings. The molecule has 0 saturated carbocycles. The lowest BCUT2D eigenvalue weighted by atomic mass is 10.2. The number of imidazole rings is 1. The van der Waals surface area contributed by atoms with Gasteiger partial charge in [-0.15, -0.1) is 0 Å². The molecule has 4 N–H and O–H groups in total. The minimum absolute atomic E-state index is 0.298. The molecule has 0 radical (unpaired) electrons. The predicted molar refractivity (Wildman–Crippen MR) is 92.6 cm³/mol. The van der Waals surface area contributed by atoms with Gasteiger partial charge in [-0.1, -0.05) is 12.1 Å². The van der Waals surface area contributed by atoms with Gasteiger partial charge in [0.15, 0.2) is 0 Å². The number of pyridine rings is 1. The van der Waals surface area contributed by atoms with Crippen molar-refractivity contribution in [1.82, 2.24) is 19.9 Å². The van der Waals surface area contributed by atoms with Gasteiger partial charge < -0.3 is 16.4 Å². The minimum Gasteiger partial charge on any atom is -0.366 e. The van der Waals surface area contributed by atoms with E-state index in [2.05, 4.69) is 20.6 Å². The first-order valence-corrected chi connectivity index (χ1v) is 7.97. The third kappa shape index (κ3) is 2.80. The number of amides is 1. The standard InChI is InChI=1S/C17H17FN6O/c18-12-8-21-9-14(12)23-17-22-13-3-1-2-4-15(13)24(17)11-5-10(16(19)25)6-20-7-11/h1-7,12,14,21H,8-9H2,(H2,19,25)(H,22,23)/t12-,14+/m1/s1. The summed E-state index contributed by atoms with van der Waals surface area (Å²) in [7, 11) is 0. The van der Waals surface area contributed by atoms with Gasteiger partial charge >= 0.3 is 0 Å².